The summed E-state index contributed by atoms with van der Waals surface area (Å²) in [6, 6.07) is 74.7. The van der Waals surface area contributed by atoms with Crippen LogP contribution in [0.1, 0.15) is 0 Å². The highest BCUT2D eigenvalue weighted by molar-refractivity contribution is 8.13. The molecule has 9 rings (SSSR count). The number of halogens is 1. The van der Waals surface area contributed by atoms with Crippen LogP contribution in [0.3, 0.4) is 0 Å². The Labute approximate surface area is 331 Å². The highest BCUT2D eigenvalue weighted by Crippen LogP contribution is 2.57. The number of ether oxygens (including phenoxy) is 1. The second-order valence-corrected chi connectivity index (χ2v) is 18.8. The Morgan fingerprint density at radius 2 is 0.830 bits per heavy atom. The molecule has 53 heavy (non-hydrogen) atoms. The molecule has 1 nitrogen and oxygen atoms in total. The molecule has 5 heteroatoms. The van der Waals surface area contributed by atoms with Crippen LogP contribution in [-0.4, -0.2) is 20.3 Å². The van der Waals surface area contributed by atoms with Gasteiger partial charge < -0.3 is 28.7 Å². The minimum Gasteiger partial charge on any atom is -1.00 e. The molecule has 258 valence electrons. The van der Waals surface area contributed by atoms with Crippen LogP contribution in [0.2, 0.25) is 0 Å². The summed E-state index contributed by atoms with van der Waals surface area (Å²) in [5, 5.41) is 16.6. The zero-order valence-electron chi connectivity index (χ0n) is 28.6. The summed E-state index contributed by atoms with van der Waals surface area (Å²) in [6.07, 6.45) is 0.893. The van der Waals surface area contributed by atoms with E-state index in [9.17, 15) is 0 Å². The maximum absolute atomic E-state index is 6.79. The lowest BCUT2D eigenvalue weighted by atomic mass is 9.94. The molecule has 0 aromatic heterocycles. The first-order valence-electron chi connectivity index (χ1n) is 17.6. The van der Waals surface area contributed by atoms with E-state index in [4.69, 9.17) is 4.74 Å². The normalized spacial score (nSPS) is 11.9. The highest BCUT2D eigenvalue weighted by atomic mass is 127. The zero-order valence-corrected chi connectivity index (χ0v) is 32.6. The van der Waals surface area contributed by atoms with Gasteiger partial charge in [-0.15, -0.1) is 0 Å². The van der Waals surface area contributed by atoms with Crippen LogP contribution in [0.5, 0.6) is 5.75 Å². The lowest BCUT2D eigenvalue weighted by molar-refractivity contribution is -0.0000101. The third-order valence-electron chi connectivity index (χ3n) is 10.1. The smallest absolute Gasteiger partial charge is 0.144 e. The van der Waals surface area contributed by atoms with Crippen molar-refractivity contribution in [1.82, 2.24) is 0 Å². The van der Waals surface area contributed by atoms with Crippen molar-refractivity contribution in [2.24, 2.45) is 0 Å². The van der Waals surface area contributed by atoms with Crippen molar-refractivity contribution >= 4 is 86.1 Å². The van der Waals surface area contributed by atoms with Gasteiger partial charge in [-0.2, -0.15) is 0 Å². The van der Waals surface area contributed by atoms with Crippen molar-refractivity contribution in [1.29, 1.82) is 0 Å². The molecule has 9 aromatic rings. The van der Waals surface area contributed by atoms with Crippen LogP contribution < -0.4 is 60.5 Å². The third kappa shape index (κ3) is 6.24. The lowest BCUT2D eigenvalue weighted by Crippen LogP contribution is -3.00. The molecule has 0 aliphatic rings. The van der Waals surface area contributed by atoms with Crippen LogP contribution >= 0.6 is 14.4 Å². The quantitative estimate of drug-likeness (QED) is 0.0763. The van der Waals surface area contributed by atoms with E-state index in [-0.39, 0.29) is 31.5 Å². The van der Waals surface area contributed by atoms with E-state index in [0.29, 0.717) is 6.61 Å². The fourth-order valence-electron chi connectivity index (χ4n) is 7.82. The average molecular weight is 833 g/mol. The van der Waals surface area contributed by atoms with Gasteiger partial charge in [-0.3, -0.25) is 0 Å². The van der Waals surface area contributed by atoms with Crippen LogP contribution in [-0.2, 0) is 0 Å². The SMILES string of the molecule is [BH3-][P+](c1ccccc1)(c1ccccc1)c1ccc(OCC[P+](c2ccccc2)(c2ccccc2)c2ccc3ccc4cccc5ccc2c3c45)cc1.[I-]. The molecular weight excluding hydrogens is 792 g/mol. The largest absolute Gasteiger partial charge is 1.00 e. The molecule has 0 spiro atoms. The maximum atomic E-state index is 6.79. The Bertz CT molecular complexity index is 2510. The predicted molar refractivity (Wildman–Crippen MR) is 234 cm³/mol. The molecule has 0 atom stereocenters. The summed E-state index contributed by atoms with van der Waals surface area (Å²) in [6.45, 7) is 0.615. The van der Waals surface area contributed by atoms with Crippen molar-refractivity contribution in [3.05, 3.63) is 200 Å². The molecular formula is C48H40BIOP2. The molecule has 0 radical (unpaired) electrons. The predicted octanol–water partition coefficient (Wildman–Crippen LogP) is 5.54. The van der Waals surface area contributed by atoms with Gasteiger partial charge in [0.15, 0.2) is 0 Å². The number of hydrogen-bond acceptors (Lipinski definition) is 1. The van der Waals surface area contributed by atoms with Gasteiger partial charge in [-0.1, -0.05) is 122 Å². The van der Waals surface area contributed by atoms with Crippen molar-refractivity contribution in [2.75, 3.05) is 12.8 Å². The van der Waals surface area contributed by atoms with Crippen molar-refractivity contribution in [3.8, 4) is 5.75 Å². The van der Waals surface area contributed by atoms with Crippen LogP contribution in [0.25, 0.3) is 32.3 Å². The first-order valence-corrected chi connectivity index (χ1v) is 20.9. The van der Waals surface area contributed by atoms with Crippen molar-refractivity contribution < 1.29 is 28.7 Å². The molecule has 0 saturated carbocycles. The maximum Gasteiger partial charge on any atom is 0.144 e. The molecule has 0 aliphatic heterocycles. The van der Waals surface area contributed by atoms with E-state index in [1.165, 1.54) is 64.1 Å². The van der Waals surface area contributed by atoms with Gasteiger partial charge in [-0.05, 0) is 106 Å². The Morgan fingerprint density at radius 3 is 1.36 bits per heavy atom. The summed E-state index contributed by atoms with van der Waals surface area (Å²) >= 11 is 0. The van der Waals surface area contributed by atoms with E-state index in [1.807, 2.05) is 0 Å². The molecule has 0 aliphatic carbocycles. The first kappa shape index (κ1) is 35.5. The molecule has 9 aromatic carbocycles. The Morgan fingerprint density at radius 1 is 0.396 bits per heavy atom. The van der Waals surface area contributed by atoms with E-state index in [1.54, 1.807) is 0 Å². The molecule has 0 saturated heterocycles. The van der Waals surface area contributed by atoms with Gasteiger partial charge >= 0.3 is 0 Å². The van der Waals surface area contributed by atoms with Crippen molar-refractivity contribution in [3.63, 3.8) is 0 Å². The zero-order chi connectivity index (χ0) is 35.0. The van der Waals surface area contributed by atoms with Gasteiger partial charge in [0.25, 0.3) is 0 Å². The number of rotatable bonds is 10. The Kier molecular flexibility index (Phi) is 10.1. The fourth-order valence-corrected chi connectivity index (χ4v) is 14.4. The van der Waals surface area contributed by atoms with Gasteiger partial charge in [-0.25, -0.2) is 0 Å². The summed E-state index contributed by atoms with van der Waals surface area (Å²) in [5.74, 6) is 0.936. The summed E-state index contributed by atoms with van der Waals surface area (Å²) in [4.78, 5) is 0. The summed E-state index contributed by atoms with van der Waals surface area (Å²) < 4.78 is 6.79. The van der Waals surface area contributed by atoms with Crippen molar-refractivity contribution in [2.45, 2.75) is 0 Å². The third-order valence-corrected chi connectivity index (χ3v) is 17.0. The molecule has 0 fully saturated rings. The topological polar surface area (TPSA) is 9.23 Å². The van der Waals surface area contributed by atoms with Crippen LogP contribution in [0.15, 0.2) is 200 Å². The van der Waals surface area contributed by atoms with E-state index in [2.05, 4.69) is 200 Å². The molecule has 0 amide bonds. The highest BCUT2D eigenvalue weighted by Gasteiger charge is 2.46. The summed E-state index contributed by atoms with van der Waals surface area (Å²) in [7, 11) is -3.81. The van der Waals surface area contributed by atoms with Crippen LogP contribution in [0.4, 0.5) is 0 Å². The van der Waals surface area contributed by atoms with Gasteiger partial charge in [0.1, 0.15) is 49.3 Å². The van der Waals surface area contributed by atoms with E-state index < -0.39 is 14.4 Å². The Hall–Kier alpha value is -4.53. The first-order chi connectivity index (χ1) is 25.7. The molecule has 0 N–H and O–H groups in total. The minimum absolute atomic E-state index is 0. The average Bonchev–Trinajstić information content (AvgIpc) is 3.23. The van der Waals surface area contributed by atoms with Crippen LogP contribution in [0, 0.1) is 0 Å². The minimum atomic E-state index is -2.17. The van der Waals surface area contributed by atoms with Gasteiger partial charge in [0, 0.05) is 10.8 Å². The monoisotopic (exact) mass is 832 g/mol. The molecule has 0 heterocycles. The second kappa shape index (κ2) is 15.1. The standard InChI is InChI=1S/C48H40BOP2.HI/c49-52(42-20-9-3-10-21-42,43-22-11-4-12-23-43)44-30-28-39(29-31-44)50-34-35-51(40-16-5-1-6-17-40,41-18-7-2-8-19-41)46-33-27-38-25-24-36-14-13-15-37-26-32-45(46)48(38)47(36)37;/h1-33H,34-35H2,49H3;1H/q+1;/p-1. The molecule has 0 bridgehead atoms. The Balaban J connectivity index is 0.00000400. The van der Waals surface area contributed by atoms with Gasteiger partial charge in [0.2, 0.25) is 0 Å². The molecule has 0 unspecified atom stereocenters. The lowest BCUT2D eigenvalue weighted by Gasteiger charge is -2.30. The van der Waals surface area contributed by atoms with E-state index >= 15 is 0 Å². The number of hydrogen-bond donors (Lipinski definition) is 0. The van der Waals surface area contributed by atoms with Gasteiger partial charge in [0.05, 0.1) is 15.9 Å². The summed E-state index contributed by atoms with van der Waals surface area (Å²) in [5.41, 5.74) is 0. The number of benzene rings is 9. The van der Waals surface area contributed by atoms with E-state index in [0.717, 1.165) is 11.9 Å². The fraction of sp³-hybridized carbons (Fsp3) is 0.0417. The second-order valence-electron chi connectivity index (χ2n) is 13.0.